The highest BCUT2D eigenvalue weighted by Gasteiger charge is 2.35. The van der Waals surface area contributed by atoms with E-state index in [1.807, 2.05) is 24.3 Å². The van der Waals surface area contributed by atoms with Crippen molar-refractivity contribution in [1.82, 2.24) is 10.2 Å². The highest BCUT2D eigenvalue weighted by Crippen LogP contribution is 2.33. The summed E-state index contributed by atoms with van der Waals surface area (Å²) < 4.78 is 42.8. The molecule has 0 aliphatic carbocycles. The van der Waals surface area contributed by atoms with E-state index in [9.17, 15) is 18.0 Å². The molecule has 0 atom stereocenters. The number of amides is 1. The quantitative estimate of drug-likeness (QED) is 0.733. The number of halogens is 3. The predicted octanol–water partition coefficient (Wildman–Crippen LogP) is 4.65. The molecule has 1 aromatic carbocycles. The summed E-state index contributed by atoms with van der Waals surface area (Å²) in [5.41, 5.74) is 1.26. The number of nitrogens with one attached hydrogen (secondary N) is 1. The second-order valence-corrected chi connectivity index (χ2v) is 7.66. The molecule has 0 saturated carbocycles. The van der Waals surface area contributed by atoms with Crippen molar-refractivity contribution >= 4 is 22.4 Å². The Hall–Kier alpha value is -2.16. The van der Waals surface area contributed by atoms with Gasteiger partial charge < -0.3 is 10.1 Å². The highest BCUT2D eigenvalue weighted by atomic mass is 32.1. The number of rotatable bonds is 6. The maximum Gasteiger partial charge on any atom is 0.445 e. The van der Waals surface area contributed by atoms with Crippen LogP contribution >= 0.6 is 11.3 Å². The van der Waals surface area contributed by atoms with Crippen LogP contribution in [0.15, 0.2) is 24.3 Å². The molecule has 0 aliphatic heterocycles. The third-order valence-corrected chi connectivity index (χ3v) is 4.33. The van der Waals surface area contributed by atoms with Crippen LogP contribution in [0, 0.1) is 0 Å². The number of anilines is 1. The van der Waals surface area contributed by atoms with Gasteiger partial charge in [-0.15, -0.1) is 10.2 Å². The van der Waals surface area contributed by atoms with Crippen molar-refractivity contribution in [3.05, 3.63) is 34.8 Å². The molecule has 2 aromatic rings. The number of hydrogen-bond donors (Lipinski definition) is 1. The maximum atomic E-state index is 12.4. The number of carbonyl (C=O) groups is 1. The van der Waals surface area contributed by atoms with Crippen LogP contribution in [-0.2, 0) is 16.4 Å². The van der Waals surface area contributed by atoms with E-state index >= 15 is 0 Å². The molecule has 0 saturated heterocycles. The summed E-state index contributed by atoms with van der Waals surface area (Å²) >= 11 is 0.297. The first-order valence-corrected chi connectivity index (χ1v) is 8.81. The first kappa shape index (κ1) is 20.2. The molecule has 5 nitrogen and oxygen atoms in total. The van der Waals surface area contributed by atoms with Crippen molar-refractivity contribution in [3.8, 4) is 5.75 Å². The minimum atomic E-state index is -4.56. The molecule has 1 N–H and O–H groups in total. The van der Waals surface area contributed by atoms with Gasteiger partial charge in [-0.1, -0.05) is 44.2 Å². The average Bonchev–Trinajstić information content (AvgIpc) is 3.00. The molecule has 142 valence electrons. The lowest BCUT2D eigenvalue weighted by Gasteiger charge is -2.19. The Bertz CT molecular complexity index is 737. The fourth-order valence-electron chi connectivity index (χ4n) is 2.04. The van der Waals surface area contributed by atoms with Gasteiger partial charge in [0.05, 0.1) is 6.61 Å². The van der Waals surface area contributed by atoms with Gasteiger partial charge in [0.2, 0.25) is 16.0 Å². The SMILES string of the molecule is CC(C)(C)c1ccc(OCCCC(=O)Nc2nnc(C(F)(F)F)s2)cc1. The van der Waals surface area contributed by atoms with Crippen molar-refractivity contribution in [2.75, 3.05) is 11.9 Å². The molecule has 2 rings (SSSR count). The Labute approximate surface area is 153 Å². The first-order chi connectivity index (χ1) is 12.1. The van der Waals surface area contributed by atoms with Crippen molar-refractivity contribution in [2.45, 2.75) is 45.2 Å². The lowest BCUT2D eigenvalue weighted by Crippen LogP contribution is -2.13. The number of benzene rings is 1. The van der Waals surface area contributed by atoms with Gasteiger partial charge in [0.1, 0.15) is 5.75 Å². The van der Waals surface area contributed by atoms with Crippen LogP contribution in [0.25, 0.3) is 0 Å². The fraction of sp³-hybridized carbons (Fsp3) is 0.471. The van der Waals surface area contributed by atoms with Crippen molar-refractivity contribution < 1.29 is 22.7 Å². The number of ether oxygens (including phenoxy) is 1. The second-order valence-electron chi connectivity index (χ2n) is 6.68. The Balaban J connectivity index is 1.72. The van der Waals surface area contributed by atoms with Crippen molar-refractivity contribution in [1.29, 1.82) is 0 Å². The molecule has 0 unspecified atom stereocenters. The molecule has 1 heterocycles. The molecular weight excluding hydrogens is 367 g/mol. The van der Waals surface area contributed by atoms with E-state index < -0.39 is 17.1 Å². The Morgan fingerprint density at radius 2 is 1.81 bits per heavy atom. The molecule has 0 aliphatic rings. The first-order valence-electron chi connectivity index (χ1n) is 7.99. The van der Waals surface area contributed by atoms with Crippen LogP contribution in [-0.4, -0.2) is 22.7 Å². The van der Waals surface area contributed by atoms with E-state index in [1.165, 1.54) is 5.56 Å². The average molecular weight is 387 g/mol. The van der Waals surface area contributed by atoms with Crippen LogP contribution < -0.4 is 10.1 Å². The predicted molar refractivity (Wildman–Crippen MR) is 93.4 cm³/mol. The number of aromatic nitrogens is 2. The molecule has 0 bridgehead atoms. The summed E-state index contributed by atoms with van der Waals surface area (Å²) in [7, 11) is 0. The van der Waals surface area contributed by atoms with Crippen LogP contribution in [0.5, 0.6) is 5.75 Å². The van der Waals surface area contributed by atoms with E-state index in [-0.39, 0.29) is 17.0 Å². The van der Waals surface area contributed by atoms with Gasteiger partial charge in [0.25, 0.3) is 0 Å². The molecule has 0 radical (unpaired) electrons. The molecule has 0 fully saturated rings. The summed E-state index contributed by atoms with van der Waals surface area (Å²) in [5.74, 6) is 0.277. The van der Waals surface area contributed by atoms with Gasteiger partial charge in [-0.25, -0.2) is 0 Å². The van der Waals surface area contributed by atoms with E-state index in [2.05, 4.69) is 36.3 Å². The van der Waals surface area contributed by atoms with Gasteiger partial charge in [-0.3, -0.25) is 4.79 Å². The fourth-order valence-corrected chi connectivity index (χ4v) is 2.67. The minimum absolute atomic E-state index is 0.0628. The number of alkyl halides is 3. The Morgan fingerprint density at radius 3 is 2.35 bits per heavy atom. The summed E-state index contributed by atoms with van der Waals surface area (Å²) in [6.07, 6.45) is -4.02. The zero-order chi connectivity index (χ0) is 19.4. The van der Waals surface area contributed by atoms with Crippen LogP contribution in [0.4, 0.5) is 18.3 Å². The topological polar surface area (TPSA) is 64.1 Å². The monoisotopic (exact) mass is 387 g/mol. The van der Waals surface area contributed by atoms with E-state index in [0.29, 0.717) is 30.1 Å². The van der Waals surface area contributed by atoms with Crippen LogP contribution in [0.1, 0.15) is 44.2 Å². The number of nitrogens with zero attached hydrogens (tertiary/aromatic N) is 2. The normalized spacial score (nSPS) is 12.1. The molecule has 9 heteroatoms. The standard InChI is InChI=1S/C17H20F3N3O2S/c1-16(2,3)11-6-8-12(9-7-11)25-10-4-5-13(24)21-15-23-22-14(26-15)17(18,19)20/h6-9H,4-5,10H2,1-3H3,(H,21,23,24). The zero-order valence-corrected chi connectivity index (χ0v) is 15.5. The second kappa shape index (κ2) is 8.03. The lowest BCUT2D eigenvalue weighted by molar-refractivity contribution is -0.138. The van der Waals surface area contributed by atoms with Gasteiger partial charge in [-0.05, 0) is 29.5 Å². The number of carbonyl (C=O) groups excluding carboxylic acids is 1. The molecule has 26 heavy (non-hydrogen) atoms. The molecular formula is C17H20F3N3O2S. The smallest absolute Gasteiger partial charge is 0.445 e. The van der Waals surface area contributed by atoms with Crippen molar-refractivity contribution in [2.24, 2.45) is 0 Å². The Morgan fingerprint density at radius 1 is 1.15 bits per heavy atom. The van der Waals surface area contributed by atoms with Crippen molar-refractivity contribution in [3.63, 3.8) is 0 Å². The lowest BCUT2D eigenvalue weighted by atomic mass is 9.87. The minimum Gasteiger partial charge on any atom is -0.494 e. The van der Waals surface area contributed by atoms with E-state index in [4.69, 9.17) is 4.74 Å². The molecule has 1 amide bonds. The van der Waals surface area contributed by atoms with E-state index in [1.54, 1.807) is 0 Å². The zero-order valence-electron chi connectivity index (χ0n) is 14.7. The molecule has 0 spiro atoms. The largest absolute Gasteiger partial charge is 0.494 e. The molecule has 1 aromatic heterocycles. The maximum absolute atomic E-state index is 12.4. The summed E-state index contributed by atoms with van der Waals surface area (Å²) in [5, 5.41) is 7.37. The summed E-state index contributed by atoms with van der Waals surface area (Å²) in [6, 6.07) is 7.74. The Kier molecular flexibility index (Phi) is 6.22. The van der Waals surface area contributed by atoms with Gasteiger partial charge in [0, 0.05) is 6.42 Å². The third kappa shape index (κ3) is 5.98. The van der Waals surface area contributed by atoms with E-state index in [0.717, 1.165) is 0 Å². The summed E-state index contributed by atoms with van der Waals surface area (Å²) in [6.45, 7) is 6.69. The van der Waals surface area contributed by atoms with Crippen LogP contribution in [0.2, 0.25) is 0 Å². The van der Waals surface area contributed by atoms with Gasteiger partial charge in [0.15, 0.2) is 0 Å². The highest BCUT2D eigenvalue weighted by molar-refractivity contribution is 7.15. The summed E-state index contributed by atoms with van der Waals surface area (Å²) in [4.78, 5) is 11.7. The van der Waals surface area contributed by atoms with Gasteiger partial charge in [-0.2, -0.15) is 13.2 Å². The number of hydrogen-bond acceptors (Lipinski definition) is 5. The van der Waals surface area contributed by atoms with Gasteiger partial charge >= 0.3 is 6.18 Å². The third-order valence-electron chi connectivity index (χ3n) is 3.45. The van der Waals surface area contributed by atoms with Crippen LogP contribution in [0.3, 0.4) is 0 Å².